The van der Waals surface area contributed by atoms with Gasteiger partial charge in [0.05, 0.1) is 41.9 Å². The number of carbonyl (C=O) groups is 3. The second kappa shape index (κ2) is 16.2. The summed E-state index contributed by atoms with van der Waals surface area (Å²) in [5.41, 5.74) is 4.20. The van der Waals surface area contributed by atoms with Gasteiger partial charge in [0, 0.05) is 62.8 Å². The molecule has 1 spiro atoms. The second-order valence-corrected chi connectivity index (χ2v) is 19.0. The van der Waals surface area contributed by atoms with Crippen LogP contribution >= 0.6 is 0 Å². The lowest BCUT2D eigenvalue weighted by molar-refractivity contribution is -0.136. The number of likely N-dealkylation sites (tertiary alicyclic amines) is 1. The molecule has 2 bridgehead atoms. The Hall–Kier alpha value is -6.46. The first-order valence-electron chi connectivity index (χ1n) is 23.1. The minimum atomic E-state index is -1.12. The first-order valence-corrected chi connectivity index (χ1v) is 23.1. The number of amides is 3. The van der Waals surface area contributed by atoms with Crippen LogP contribution in [-0.4, -0.2) is 113 Å². The number of pyridine rings is 2. The third-order valence-electron chi connectivity index (χ3n) is 14.9. The molecule has 3 N–H and O–H groups in total. The van der Waals surface area contributed by atoms with E-state index < -0.39 is 17.6 Å². The number of aromatic nitrogens is 6. The number of aliphatic hydroxyl groups is 1. The first kappa shape index (κ1) is 41.3. The largest absolute Gasteiger partial charge is 0.384 e. The third-order valence-corrected chi connectivity index (χ3v) is 14.9. The van der Waals surface area contributed by atoms with E-state index in [1.54, 1.807) is 27.4 Å². The molecule has 5 aromatic rings. The number of hydrogen-bond donors (Lipinski definition) is 3. The van der Waals surface area contributed by atoms with Gasteiger partial charge in [0.25, 0.3) is 11.5 Å². The van der Waals surface area contributed by atoms with Crippen LogP contribution in [0.4, 0.5) is 23.0 Å². The van der Waals surface area contributed by atoms with Crippen molar-refractivity contribution in [2.24, 2.45) is 5.41 Å². The topological polar surface area (TPSA) is 187 Å². The van der Waals surface area contributed by atoms with Crippen LogP contribution < -0.4 is 26.0 Å². The summed E-state index contributed by atoms with van der Waals surface area (Å²) >= 11 is 0. The summed E-state index contributed by atoms with van der Waals surface area (Å²) < 4.78 is 3.33. The molecular weight excluding hydrogens is 825 g/mol. The maximum absolute atomic E-state index is 13.6. The maximum Gasteiger partial charge on any atom is 0.278 e. The maximum atomic E-state index is 13.6. The van der Waals surface area contributed by atoms with E-state index in [-0.39, 0.29) is 23.8 Å². The van der Waals surface area contributed by atoms with Crippen LogP contribution in [0.15, 0.2) is 77.9 Å². The third kappa shape index (κ3) is 7.63. The van der Waals surface area contributed by atoms with Crippen molar-refractivity contribution < 1.29 is 19.5 Å². The summed E-state index contributed by atoms with van der Waals surface area (Å²) in [6.07, 6.45) is 14.8. The Morgan fingerprint density at radius 3 is 2.42 bits per heavy atom. The average molecular weight is 879 g/mol. The molecule has 4 aromatic heterocycles. The lowest BCUT2D eigenvalue weighted by Gasteiger charge is -2.42. The SMILES string of the molecule is C[C@@]1(O)CC/C=C\Cn2c(=O)c3cnc(Nc4ccc(N5CCC(N6CCC7(CCN(c8cnc9c(c8)C(=O)N(C8CCC(=O)NC8=O)C9)CC7)C6)CC5)cc4)nc3n2-c2cccc1n2. The van der Waals surface area contributed by atoms with E-state index in [9.17, 15) is 24.3 Å². The number of anilines is 4. The zero-order valence-corrected chi connectivity index (χ0v) is 36.7. The number of piperidine rings is 3. The molecule has 65 heavy (non-hydrogen) atoms. The van der Waals surface area contributed by atoms with Crippen molar-refractivity contribution in [3.05, 3.63) is 100 Å². The molecule has 17 heteroatoms. The molecule has 4 fully saturated rings. The molecule has 1 aromatic carbocycles. The monoisotopic (exact) mass is 878 g/mol. The number of nitrogens with zero attached hydrogens (tertiary/aromatic N) is 10. The van der Waals surface area contributed by atoms with Crippen LogP contribution in [-0.2, 0) is 28.3 Å². The molecule has 0 radical (unpaired) electrons. The van der Waals surface area contributed by atoms with Gasteiger partial charge in [-0.05, 0) is 113 Å². The van der Waals surface area contributed by atoms with Gasteiger partial charge in [0.15, 0.2) is 11.5 Å². The lowest BCUT2D eigenvalue weighted by Crippen LogP contribution is -2.52. The van der Waals surface area contributed by atoms with Gasteiger partial charge in [-0.2, -0.15) is 4.98 Å². The standard InChI is InChI=1S/C48H54N12O5/c1-47(65)16-3-2-4-20-59-45(64)36-28-50-46(54-42(36)60(59)40-7-5-6-39(47)52-40)51-31-8-10-32(11-9-31)55-21-14-33(15-22-55)57-25-19-48(30-57)17-23-56(24-18-48)34-26-35-37(49-27-34)29-58(44(35)63)38-12-13-41(61)53-43(38)62/h2,4-11,26-28,33,38,65H,3,12-25,29-30H2,1H3,(H,50,51,54)(H,53,61,62)/b4-2-/t38?,47-/m1/s1. The van der Waals surface area contributed by atoms with Crippen LogP contribution in [0.3, 0.4) is 0 Å². The fourth-order valence-electron chi connectivity index (χ4n) is 11.0. The number of benzene rings is 1. The first-order chi connectivity index (χ1) is 31.5. The van der Waals surface area contributed by atoms with Crippen molar-refractivity contribution in [2.45, 2.75) is 95.5 Å². The summed E-state index contributed by atoms with van der Waals surface area (Å²) in [7, 11) is 0. The van der Waals surface area contributed by atoms with Gasteiger partial charge < -0.3 is 25.1 Å². The molecule has 6 aliphatic heterocycles. The Labute approximate surface area is 376 Å². The Balaban J connectivity index is 0.693. The van der Waals surface area contributed by atoms with E-state index in [0.29, 0.717) is 83.6 Å². The molecule has 0 aliphatic carbocycles. The zero-order chi connectivity index (χ0) is 44.5. The molecule has 17 nitrogen and oxygen atoms in total. The minimum Gasteiger partial charge on any atom is -0.384 e. The van der Waals surface area contributed by atoms with Crippen LogP contribution in [0.1, 0.15) is 86.5 Å². The highest BCUT2D eigenvalue weighted by Gasteiger charge is 2.44. The minimum absolute atomic E-state index is 0.182. The summed E-state index contributed by atoms with van der Waals surface area (Å²) in [6.45, 7) is 8.49. The van der Waals surface area contributed by atoms with Gasteiger partial charge in [0.2, 0.25) is 17.8 Å². The summed E-state index contributed by atoms with van der Waals surface area (Å²) in [6, 6.07) is 15.7. The van der Waals surface area contributed by atoms with Gasteiger partial charge in [-0.1, -0.05) is 18.2 Å². The highest BCUT2D eigenvalue weighted by molar-refractivity contribution is 6.05. The van der Waals surface area contributed by atoms with Crippen molar-refractivity contribution >= 4 is 51.8 Å². The fraction of sp³-hybridized carbons (Fsp3) is 0.458. The fourth-order valence-corrected chi connectivity index (χ4v) is 11.0. The quantitative estimate of drug-likeness (QED) is 0.161. The van der Waals surface area contributed by atoms with Gasteiger partial charge in [0.1, 0.15) is 17.0 Å². The molecule has 6 aliphatic rings. The molecule has 10 heterocycles. The predicted molar refractivity (Wildman–Crippen MR) is 244 cm³/mol. The Morgan fingerprint density at radius 1 is 0.831 bits per heavy atom. The van der Waals surface area contributed by atoms with Crippen molar-refractivity contribution in [3.63, 3.8) is 0 Å². The second-order valence-electron chi connectivity index (χ2n) is 19.0. The molecule has 4 saturated heterocycles. The molecule has 336 valence electrons. The summed E-state index contributed by atoms with van der Waals surface area (Å²) in [5.74, 6) is -0.00770. The highest BCUT2D eigenvalue weighted by atomic mass is 16.3. The average Bonchev–Trinajstić information content (AvgIpc) is 3.96. The lowest BCUT2D eigenvalue weighted by atomic mass is 9.77. The Kier molecular flexibility index (Phi) is 10.3. The molecule has 2 atom stereocenters. The number of nitrogens with one attached hydrogen (secondary N) is 2. The molecule has 3 amide bonds. The summed E-state index contributed by atoms with van der Waals surface area (Å²) in [5, 5.41) is 17.3. The Bertz CT molecular complexity index is 2780. The van der Waals surface area contributed by atoms with Gasteiger partial charge in [-0.25, -0.2) is 19.3 Å². The Morgan fingerprint density at radius 2 is 1.62 bits per heavy atom. The number of carbonyl (C=O) groups excluding carboxylic acids is 3. The van der Waals surface area contributed by atoms with E-state index in [1.807, 2.05) is 54.7 Å². The van der Waals surface area contributed by atoms with E-state index in [2.05, 4.69) is 47.4 Å². The zero-order valence-electron chi connectivity index (χ0n) is 36.7. The van der Waals surface area contributed by atoms with E-state index >= 15 is 0 Å². The van der Waals surface area contributed by atoms with E-state index in [0.717, 1.165) is 76.3 Å². The van der Waals surface area contributed by atoms with Crippen molar-refractivity contribution in [3.8, 4) is 5.82 Å². The van der Waals surface area contributed by atoms with Crippen LogP contribution in [0.25, 0.3) is 16.9 Å². The number of allylic oxidation sites excluding steroid dienone is 2. The van der Waals surface area contributed by atoms with E-state index in [4.69, 9.17) is 9.97 Å². The number of imide groups is 1. The molecular formula is C48H54N12O5. The normalized spacial score (nSPS) is 24.2. The number of fused-ring (bicyclic) bond motifs is 7. The van der Waals surface area contributed by atoms with Crippen molar-refractivity contribution in [1.29, 1.82) is 0 Å². The van der Waals surface area contributed by atoms with Crippen molar-refractivity contribution in [1.82, 2.24) is 44.4 Å². The van der Waals surface area contributed by atoms with Crippen LogP contribution in [0, 0.1) is 5.41 Å². The molecule has 1 unspecified atom stereocenters. The van der Waals surface area contributed by atoms with Crippen molar-refractivity contribution in [2.75, 3.05) is 54.4 Å². The molecule has 0 saturated carbocycles. The van der Waals surface area contributed by atoms with Gasteiger partial charge in [-0.3, -0.25) is 34.4 Å². The smallest absolute Gasteiger partial charge is 0.278 e. The molecule has 11 rings (SSSR count). The predicted octanol–water partition coefficient (Wildman–Crippen LogP) is 4.40. The summed E-state index contributed by atoms with van der Waals surface area (Å²) in [4.78, 5) is 79.2. The number of hydrogen-bond acceptors (Lipinski definition) is 13. The van der Waals surface area contributed by atoms with Crippen LogP contribution in [0.5, 0.6) is 0 Å². The van der Waals surface area contributed by atoms with Gasteiger partial charge >= 0.3 is 0 Å². The van der Waals surface area contributed by atoms with E-state index in [1.165, 1.54) is 12.1 Å². The number of rotatable bonds is 6. The van der Waals surface area contributed by atoms with Gasteiger partial charge in [-0.15, -0.1) is 0 Å². The van der Waals surface area contributed by atoms with Crippen LogP contribution in [0.2, 0.25) is 0 Å². The highest BCUT2D eigenvalue weighted by Crippen LogP contribution is 2.43.